The van der Waals surface area contributed by atoms with E-state index in [1.165, 1.54) is 0 Å². The van der Waals surface area contributed by atoms with Gasteiger partial charge in [0.15, 0.2) is 0 Å². The molecule has 2 aromatic rings. The molecule has 0 aliphatic rings. The highest BCUT2D eigenvalue weighted by atomic mass is 79.9. The lowest BCUT2D eigenvalue weighted by molar-refractivity contribution is 0.191. The van der Waals surface area contributed by atoms with Crippen LogP contribution in [0.5, 0.6) is 0 Å². The predicted molar refractivity (Wildman–Crippen MR) is 83.5 cm³/mol. The van der Waals surface area contributed by atoms with Gasteiger partial charge in [-0.3, -0.25) is 0 Å². The van der Waals surface area contributed by atoms with Gasteiger partial charge < -0.3 is 10.4 Å². The first-order valence-electron chi connectivity index (χ1n) is 6.28. The van der Waals surface area contributed by atoms with Crippen molar-refractivity contribution < 1.29 is 5.11 Å². The number of nitrogens with zero attached hydrogens (tertiary/aromatic N) is 1. The van der Waals surface area contributed by atoms with Crippen molar-refractivity contribution in [2.75, 3.05) is 11.9 Å². The number of benzene rings is 2. The van der Waals surface area contributed by atoms with Gasteiger partial charge in [-0.05, 0) is 58.2 Å². The summed E-state index contributed by atoms with van der Waals surface area (Å²) < 4.78 is 0.968. The molecule has 0 aromatic heterocycles. The Morgan fingerprint density at radius 1 is 1.25 bits per heavy atom. The summed E-state index contributed by atoms with van der Waals surface area (Å²) in [5, 5.41) is 22.1. The molecule has 0 aliphatic heterocycles. The first-order valence-corrected chi connectivity index (χ1v) is 7.07. The molecule has 4 heteroatoms. The summed E-state index contributed by atoms with van der Waals surface area (Å²) in [5.74, 6) is 0. The lowest BCUT2D eigenvalue weighted by Crippen LogP contribution is -2.12. The molecule has 0 spiro atoms. The summed E-state index contributed by atoms with van der Waals surface area (Å²) in [7, 11) is 0. The minimum Gasteiger partial charge on any atom is -0.387 e. The fourth-order valence-corrected chi connectivity index (χ4v) is 2.27. The van der Waals surface area contributed by atoms with Gasteiger partial charge in [0.05, 0.1) is 17.7 Å². The SMILES string of the molecule is Cc1ccc(Br)c(NCC(O)c2ccc(C#N)cc2)c1. The molecular weight excluding hydrogens is 316 g/mol. The van der Waals surface area contributed by atoms with Gasteiger partial charge in [-0.2, -0.15) is 5.26 Å². The first-order chi connectivity index (χ1) is 9.60. The molecule has 2 aromatic carbocycles. The van der Waals surface area contributed by atoms with Crippen LogP contribution in [0.2, 0.25) is 0 Å². The van der Waals surface area contributed by atoms with Crippen LogP contribution in [0.25, 0.3) is 0 Å². The van der Waals surface area contributed by atoms with Gasteiger partial charge in [0, 0.05) is 16.7 Å². The molecule has 3 nitrogen and oxygen atoms in total. The largest absolute Gasteiger partial charge is 0.387 e. The molecule has 0 radical (unpaired) electrons. The molecule has 0 fully saturated rings. The van der Waals surface area contributed by atoms with Crippen LogP contribution < -0.4 is 5.32 Å². The Morgan fingerprint density at radius 3 is 2.60 bits per heavy atom. The minimum absolute atomic E-state index is 0.411. The highest BCUT2D eigenvalue weighted by molar-refractivity contribution is 9.10. The monoisotopic (exact) mass is 330 g/mol. The zero-order valence-electron chi connectivity index (χ0n) is 11.1. The predicted octanol–water partition coefficient (Wildman–Crippen LogP) is 3.77. The average molecular weight is 331 g/mol. The third-order valence-electron chi connectivity index (χ3n) is 3.03. The van der Waals surface area contributed by atoms with Crippen molar-refractivity contribution in [1.29, 1.82) is 5.26 Å². The van der Waals surface area contributed by atoms with E-state index in [2.05, 4.69) is 27.3 Å². The Balaban J connectivity index is 2.02. The van der Waals surface area contributed by atoms with Crippen molar-refractivity contribution in [3.8, 4) is 6.07 Å². The van der Waals surface area contributed by atoms with E-state index in [-0.39, 0.29) is 0 Å². The number of aryl methyl sites for hydroxylation is 1. The number of aliphatic hydroxyl groups is 1. The molecule has 0 amide bonds. The van der Waals surface area contributed by atoms with Gasteiger partial charge in [-0.1, -0.05) is 18.2 Å². The molecule has 20 heavy (non-hydrogen) atoms. The molecular formula is C16H15BrN2O. The van der Waals surface area contributed by atoms with Crippen LogP contribution in [0.15, 0.2) is 46.9 Å². The summed E-state index contributed by atoms with van der Waals surface area (Å²) in [5.41, 5.74) is 3.50. The number of rotatable bonds is 4. The van der Waals surface area contributed by atoms with Crippen molar-refractivity contribution in [2.45, 2.75) is 13.0 Å². The summed E-state index contributed by atoms with van der Waals surface area (Å²) in [6, 6.07) is 15.0. The van der Waals surface area contributed by atoms with E-state index in [0.29, 0.717) is 12.1 Å². The third-order valence-corrected chi connectivity index (χ3v) is 3.72. The van der Waals surface area contributed by atoms with E-state index < -0.39 is 6.10 Å². The molecule has 1 atom stereocenters. The minimum atomic E-state index is -0.616. The normalized spacial score (nSPS) is 11.7. The second kappa shape index (κ2) is 6.56. The van der Waals surface area contributed by atoms with Crippen LogP contribution in [0.4, 0.5) is 5.69 Å². The number of nitrogens with one attached hydrogen (secondary N) is 1. The maximum absolute atomic E-state index is 10.1. The lowest BCUT2D eigenvalue weighted by Gasteiger charge is -2.14. The molecule has 0 bridgehead atoms. The van der Waals surface area contributed by atoms with Gasteiger partial charge in [0.2, 0.25) is 0 Å². The Kier molecular flexibility index (Phi) is 4.78. The van der Waals surface area contributed by atoms with Crippen molar-refractivity contribution in [1.82, 2.24) is 0 Å². The van der Waals surface area contributed by atoms with E-state index in [9.17, 15) is 5.11 Å². The molecule has 102 valence electrons. The van der Waals surface area contributed by atoms with Crippen LogP contribution in [-0.2, 0) is 0 Å². The van der Waals surface area contributed by atoms with Gasteiger partial charge >= 0.3 is 0 Å². The fraction of sp³-hybridized carbons (Fsp3) is 0.188. The molecule has 1 unspecified atom stereocenters. The standard InChI is InChI=1S/C16H15BrN2O/c1-11-2-7-14(17)15(8-11)19-10-16(20)13-5-3-12(9-18)4-6-13/h2-8,16,19-20H,10H2,1H3. The van der Waals surface area contributed by atoms with Crippen molar-refractivity contribution in [2.24, 2.45) is 0 Å². The van der Waals surface area contributed by atoms with Gasteiger partial charge in [-0.15, -0.1) is 0 Å². The van der Waals surface area contributed by atoms with Crippen molar-refractivity contribution >= 4 is 21.6 Å². The van der Waals surface area contributed by atoms with E-state index >= 15 is 0 Å². The van der Waals surface area contributed by atoms with Gasteiger partial charge in [-0.25, -0.2) is 0 Å². The highest BCUT2D eigenvalue weighted by Crippen LogP contribution is 2.24. The first kappa shape index (κ1) is 14.6. The molecule has 0 saturated carbocycles. The second-order valence-electron chi connectivity index (χ2n) is 4.61. The summed E-state index contributed by atoms with van der Waals surface area (Å²) in [6.07, 6.45) is -0.616. The highest BCUT2D eigenvalue weighted by Gasteiger charge is 2.08. The van der Waals surface area contributed by atoms with Crippen LogP contribution >= 0.6 is 15.9 Å². The topological polar surface area (TPSA) is 56.0 Å². The van der Waals surface area contributed by atoms with Crippen LogP contribution in [0.3, 0.4) is 0 Å². The van der Waals surface area contributed by atoms with Gasteiger partial charge in [0.25, 0.3) is 0 Å². The smallest absolute Gasteiger partial charge is 0.0991 e. The van der Waals surface area contributed by atoms with Gasteiger partial charge in [0.1, 0.15) is 0 Å². The number of halogens is 1. The van der Waals surface area contributed by atoms with E-state index in [1.54, 1.807) is 24.3 Å². The summed E-state index contributed by atoms with van der Waals surface area (Å²) >= 11 is 3.48. The second-order valence-corrected chi connectivity index (χ2v) is 5.47. The Hall–Kier alpha value is -1.83. The average Bonchev–Trinajstić information content (AvgIpc) is 2.48. The van der Waals surface area contributed by atoms with Crippen molar-refractivity contribution in [3.63, 3.8) is 0 Å². The number of nitriles is 1. The molecule has 0 heterocycles. The quantitative estimate of drug-likeness (QED) is 0.897. The summed E-state index contributed by atoms with van der Waals surface area (Å²) in [4.78, 5) is 0. The zero-order chi connectivity index (χ0) is 14.5. The third kappa shape index (κ3) is 3.60. The van der Waals surface area contributed by atoms with Crippen LogP contribution in [0.1, 0.15) is 22.8 Å². The molecule has 2 N–H and O–H groups in total. The lowest BCUT2D eigenvalue weighted by atomic mass is 10.1. The number of aliphatic hydroxyl groups excluding tert-OH is 1. The number of hydrogen-bond donors (Lipinski definition) is 2. The Morgan fingerprint density at radius 2 is 1.95 bits per heavy atom. The number of anilines is 1. The molecule has 2 rings (SSSR count). The van der Waals surface area contributed by atoms with E-state index in [4.69, 9.17) is 5.26 Å². The van der Waals surface area contributed by atoms with Crippen molar-refractivity contribution in [3.05, 3.63) is 63.6 Å². The van der Waals surface area contributed by atoms with Crippen LogP contribution in [0, 0.1) is 18.3 Å². The number of hydrogen-bond acceptors (Lipinski definition) is 3. The maximum Gasteiger partial charge on any atom is 0.0991 e. The Labute approximate surface area is 127 Å². The Bertz CT molecular complexity index is 632. The maximum atomic E-state index is 10.1. The fourth-order valence-electron chi connectivity index (χ4n) is 1.88. The zero-order valence-corrected chi connectivity index (χ0v) is 12.7. The van der Waals surface area contributed by atoms with Crippen LogP contribution in [-0.4, -0.2) is 11.7 Å². The van der Waals surface area contributed by atoms with E-state index in [1.807, 2.05) is 25.1 Å². The summed E-state index contributed by atoms with van der Waals surface area (Å²) in [6.45, 7) is 2.43. The molecule has 0 saturated heterocycles. The molecule has 0 aliphatic carbocycles. The van der Waals surface area contributed by atoms with E-state index in [0.717, 1.165) is 21.3 Å².